The molecule has 3 amide bonds. The lowest BCUT2D eigenvalue weighted by molar-refractivity contribution is -0.141. The van der Waals surface area contributed by atoms with Crippen LogP contribution in [-0.2, 0) is 19.8 Å². The monoisotopic (exact) mass is 544 g/mol. The largest absolute Gasteiger partial charge is 0.342 e. The number of likely N-dealkylation sites (N-methyl/N-ethyl adjacent to an activating group) is 2. The van der Waals surface area contributed by atoms with E-state index in [1.165, 1.54) is 0 Å². The third kappa shape index (κ3) is 7.63. The number of carbonyl (C=O) groups excluding carboxylic acids is 3. The van der Waals surface area contributed by atoms with Gasteiger partial charge in [0.25, 0.3) is 0 Å². The van der Waals surface area contributed by atoms with Crippen LogP contribution >= 0.6 is 11.8 Å². The van der Waals surface area contributed by atoms with Crippen molar-refractivity contribution >= 4 is 29.5 Å². The predicted molar refractivity (Wildman–Crippen MR) is 158 cm³/mol. The van der Waals surface area contributed by atoms with Crippen LogP contribution in [0.5, 0.6) is 0 Å². The molecular formula is C30H48N4O3S. The number of amides is 3. The number of nitrogens with zero attached hydrogens (tertiary/aromatic N) is 2. The zero-order chi connectivity index (χ0) is 28.8. The minimum Gasteiger partial charge on any atom is -0.342 e. The molecule has 2 N–H and O–H groups in total. The van der Waals surface area contributed by atoms with Crippen molar-refractivity contribution in [1.29, 1.82) is 0 Å². The molecule has 0 aromatic heterocycles. The molecule has 8 heteroatoms. The molecule has 1 aromatic rings. The maximum Gasteiger partial charge on any atom is 0.249 e. The molecule has 2 rings (SSSR count). The molecule has 7 nitrogen and oxygen atoms in total. The molecule has 0 bridgehead atoms. The van der Waals surface area contributed by atoms with Crippen molar-refractivity contribution in [3.63, 3.8) is 0 Å². The number of rotatable bonds is 10. The zero-order valence-electron chi connectivity index (χ0n) is 24.9. The summed E-state index contributed by atoms with van der Waals surface area (Å²) in [4.78, 5) is 44.1. The van der Waals surface area contributed by atoms with Crippen LogP contribution in [0.1, 0.15) is 61.0 Å². The second-order valence-electron chi connectivity index (χ2n) is 12.3. The van der Waals surface area contributed by atoms with Gasteiger partial charge in [0.15, 0.2) is 0 Å². The van der Waals surface area contributed by atoms with Crippen LogP contribution in [0, 0.1) is 11.3 Å². The third-order valence-electron chi connectivity index (χ3n) is 7.47. The average molecular weight is 545 g/mol. The van der Waals surface area contributed by atoms with Crippen molar-refractivity contribution in [1.82, 2.24) is 20.4 Å². The summed E-state index contributed by atoms with van der Waals surface area (Å²) < 4.78 is 0. The lowest BCUT2D eigenvalue weighted by atomic mass is 9.76. The topological polar surface area (TPSA) is 81.8 Å². The second-order valence-corrected chi connectivity index (χ2v) is 13.3. The molecular weight excluding hydrogens is 496 g/mol. The molecule has 3 atom stereocenters. The lowest BCUT2D eigenvalue weighted by Crippen LogP contribution is -2.61. The standard InChI is InChI=1S/C30H48N4O3S/c1-20(2)23(18-21(3)27(36)34-16-17-38-19-34)33(10)28(37)25(29(4,5)6)32-26(35)24(31-9)30(7,8)22-14-12-11-13-15-22/h11-15,18,20,23-25,31H,16-17,19H2,1-10H3,(H,32,35)/b21-18+/t23-,24-,25-/m1/s1. The van der Waals surface area contributed by atoms with Crippen LogP contribution in [-0.4, -0.2) is 77.9 Å². The van der Waals surface area contributed by atoms with Crippen molar-refractivity contribution in [2.45, 2.75) is 78.9 Å². The van der Waals surface area contributed by atoms with Gasteiger partial charge in [-0.2, -0.15) is 0 Å². The Balaban J connectivity index is 2.31. The fourth-order valence-electron chi connectivity index (χ4n) is 4.98. The van der Waals surface area contributed by atoms with Crippen LogP contribution in [0.3, 0.4) is 0 Å². The Hall–Kier alpha value is -2.32. The molecule has 1 aliphatic rings. The highest BCUT2D eigenvalue weighted by Gasteiger charge is 2.41. The Morgan fingerprint density at radius 2 is 1.66 bits per heavy atom. The normalized spacial score (nSPS) is 17.2. The maximum atomic E-state index is 14.0. The van der Waals surface area contributed by atoms with Gasteiger partial charge in [-0.3, -0.25) is 14.4 Å². The summed E-state index contributed by atoms with van der Waals surface area (Å²) in [6.45, 7) is 16.6. The van der Waals surface area contributed by atoms with Crippen LogP contribution in [0.2, 0.25) is 0 Å². The molecule has 0 radical (unpaired) electrons. The summed E-state index contributed by atoms with van der Waals surface area (Å²) in [5.41, 5.74) is 0.638. The minimum absolute atomic E-state index is 0.0159. The van der Waals surface area contributed by atoms with Gasteiger partial charge in [-0.1, -0.05) is 84.9 Å². The summed E-state index contributed by atoms with van der Waals surface area (Å²) in [6.07, 6.45) is 1.91. The molecule has 1 aromatic carbocycles. The van der Waals surface area contributed by atoms with E-state index in [0.29, 0.717) is 11.4 Å². The van der Waals surface area contributed by atoms with E-state index in [0.717, 1.165) is 17.9 Å². The van der Waals surface area contributed by atoms with Crippen LogP contribution in [0.4, 0.5) is 0 Å². The van der Waals surface area contributed by atoms with Crippen molar-refractivity contribution in [3.05, 3.63) is 47.5 Å². The van der Waals surface area contributed by atoms with Crippen molar-refractivity contribution in [3.8, 4) is 0 Å². The Morgan fingerprint density at radius 1 is 1.05 bits per heavy atom. The summed E-state index contributed by atoms with van der Waals surface area (Å²) in [5.74, 6) is 1.35. The fraction of sp³-hybridized carbons (Fsp3) is 0.633. The second kappa shape index (κ2) is 13.2. The molecule has 0 saturated carbocycles. The van der Waals surface area contributed by atoms with E-state index < -0.39 is 22.9 Å². The third-order valence-corrected chi connectivity index (χ3v) is 8.43. The number of hydrogen-bond acceptors (Lipinski definition) is 5. The molecule has 212 valence electrons. The number of nitrogens with one attached hydrogen (secondary N) is 2. The summed E-state index contributed by atoms with van der Waals surface area (Å²) in [5, 5.41) is 6.27. The van der Waals surface area contributed by atoms with Gasteiger partial charge in [0.1, 0.15) is 6.04 Å². The van der Waals surface area contributed by atoms with Crippen LogP contribution in [0.25, 0.3) is 0 Å². The maximum absolute atomic E-state index is 14.0. The molecule has 0 unspecified atom stereocenters. The summed E-state index contributed by atoms with van der Waals surface area (Å²) >= 11 is 1.75. The Labute approximate surface area is 234 Å². The Kier molecular flexibility index (Phi) is 11.0. The molecule has 1 aliphatic heterocycles. The van der Waals surface area contributed by atoms with Crippen molar-refractivity contribution in [2.24, 2.45) is 11.3 Å². The predicted octanol–water partition coefficient (Wildman–Crippen LogP) is 4.05. The van der Waals surface area contributed by atoms with Gasteiger partial charge in [-0.25, -0.2) is 0 Å². The van der Waals surface area contributed by atoms with Crippen molar-refractivity contribution < 1.29 is 14.4 Å². The first kappa shape index (κ1) is 31.9. The molecule has 38 heavy (non-hydrogen) atoms. The Morgan fingerprint density at radius 3 is 2.13 bits per heavy atom. The van der Waals surface area contributed by atoms with E-state index in [1.54, 1.807) is 30.8 Å². The molecule has 0 aliphatic carbocycles. The van der Waals surface area contributed by atoms with Gasteiger partial charge in [-0.05, 0) is 30.9 Å². The van der Waals surface area contributed by atoms with E-state index in [9.17, 15) is 14.4 Å². The quantitative estimate of drug-likeness (QED) is 0.435. The Bertz CT molecular complexity index is 995. The average Bonchev–Trinajstić information content (AvgIpc) is 3.39. The summed E-state index contributed by atoms with van der Waals surface area (Å²) in [7, 11) is 3.54. The van der Waals surface area contributed by atoms with E-state index in [-0.39, 0.29) is 29.7 Å². The minimum atomic E-state index is -0.747. The first-order valence-corrected chi connectivity index (χ1v) is 14.6. The van der Waals surface area contributed by atoms with Gasteiger partial charge < -0.3 is 20.4 Å². The van der Waals surface area contributed by atoms with Crippen LogP contribution in [0.15, 0.2) is 42.0 Å². The molecule has 1 fully saturated rings. The molecule has 0 spiro atoms. The van der Waals surface area contributed by atoms with Gasteiger partial charge in [0, 0.05) is 30.3 Å². The van der Waals surface area contributed by atoms with Crippen LogP contribution < -0.4 is 10.6 Å². The van der Waals surface area contributed by atoms with E-state index >= 15 is 0 Å². The number of carbonyl (C=O) groups is 3. The van der Waals surface area contributed by atoms with E-state index in [2.05, 4.69) is 10.6 Å². The highest BCUT2D eigenvalue weighted by atomic mass is 32.2. The van der Waals surface area contributed by atoms with E-state index in [1.807, 2.05) is 96.7 Å². The SMILES string of the molecule is CN[C@H](C(=O)N[C@H](C(=O)N(C)[C@H](/C=C(\C)C(=O)N1CCSC1)C(C)C)C(C)(C)C)C(C)(C)c1ccccc1. The molecule has 1 heterocycles. The van der Waals surface area contributed by atoms with Gasteiger partial charge >= 0.3 is 0 Å². The fourth-order valence-corrected chi connectivity index (χ4v) is 5.93. The van der Waals surface area contributed by atoms with Gasteiger partial charge in [0.2, 0.25) is 17.7 Å². The zero-order valence-corrected chi connectivity index (χ0v) is 25.7. The number of thioether (sulfide) groups is 1. The highest BCUT2D eigenvalue weighted by Crippen LogP contribution is 2.29. The molecule has 1 saturated heterocycles. The van der Waals surface area contributed by atoms with Gasteiger partial charge in [-0.15, -0.1) is 11.8 Å². The van der Waals surface area contributed by atoms with Gasteiger partial charge in [0.05, 0.1) is 18.0 Å². The smallest absolute Gasteiger partial charge is 0.249 e. The number of benzene rings is 1. The first-order chi connectivity index (χ1) is 17.6. The van der Waals surface area contributed by atoms with Crippen molar-refractivity contribution in [2.75, 3.05) is 32.3 Å². The van der Waals surface area contributed by atoms with E-state index in [4.69, 9.17) is 0 Å². The summed E-state index contributed by atoms with van der Waals surface area (Å²) in [6, 6.07) is 8.33. The highest BCUT2D eigenvalue weighted by molar-refractivity contribution is 7.99. The first-order valence-electron chi connectivity index (χ1n) is 13.5. The lowest BCUT2D eigenvalue weighted by Gasteiger charge is -2.40. The number of hydrogen-bond donors (Lipinski definition) is 2.